The van der Waals surface area contributed by atoms with Crippen LogP contribution in [0.25, 0.3) is 43.6 Å². The summed E-state index contributed by atoms with van der Waals surface area (Å²) in [7, 11) is -4.94. The third kappa shape index (κ3) is 17.1. The number of nitrogens with zero attached hydrogens (tertiary/aromatic N) is 4. The summed E-state index contributed by atoms with van der Waals surface area (Å²) in [6.45, 7) is 0.915. The van der Waals surface area contributed by atoms with Crippen molar-refractivity contribution in [1.82, 2.24) is 19.9 Å². The van der Waals surface area contributed by atoms with E-state index in [9.17, 15) is 19.8 Å². The number of benzene rings is 4. The van der Waals surface area contributed by atoms with E-state index in [0.717, 1.165) is 66.1 Å². The van der Waals surface area contributed by atoms with E-state index in [-0.39, 0.29) is 48.4 Å². The molecule has 0 aliphatic heterocycles. The van der Waals surface area contributed by atoms with Crippen LogP contribution in [0.3, 0.4) is 0 Å². The number of aromatic nitrogens is 4. The Bertz CT molecular complexity index is 2390. The predicted molar refractivity (Wildman–Crippen MR) is 209 cm³/mol. The second-order valence-corrected chi connectivity index (χ2v) is 13.3. The van der Waals surface area contributed by atoms with Crippen molar-refractivity contribution < 1.29 is 84.3 Å². The number of aliphatic carboxylic acids is 2. The Morgan fingerprint density at radius 1 is 0.467 bits per heavy atom. The van der Waals surface area contributed by atoms with Crippen molar-refractivity contribution in [3.8, 4) is 0 Å². The third-order valence-electron chi connectivity index (χ3n) is 8.32. The smallest absolute Gasteiger partial charge is 0.550 e. The molecule has 0 atom stereocenters. The minimum atomic E-state index is -4.94. The van der Waals surface area contributed by atoms with Crippen LogP contribution < -0.4 is 40.3 Å². The molecule has 0 aliphatic carbocycles. The molecule has 0 spiro atoms. The van der Waals surface area contributed by atoms with E-state index in [1.54, 1.807) is 12.4 Å². The van der Waals surface area contributed by atoms with Gasteiger partial charge in [-0.3, -0.25) is 9.97 Å². The molecule has 0 saturated heterocycles. The van der Waals surface area contributed by atoms with Gasteiger partial charge in [0.25, 0.3) is 0 Å². The van der Waals surface area contributed by atoms with Gasteiger partial charge in [0.1, 0.15) is 0 Å². The number of carbonyl (C=O) groups is 2. The first kappa shape index (κ1) is 49.1. The van der Waals surface area contributed by atoms with E-state index in [1.807, 2.05) is 109 Å². The van der Waals surface area contributed by atoms with Gasteiger partial charge in [0, 0.05) is 59.0 Å². The molecule has 4 heterocycles. The maximum atomic E-state index is 10.1. The predicted octanol–water partition coefficient (Wildman–Crippen LogP) is 0.466. The molecule has 0 bridgehead atoms. The summed E-state index contributed by atoms with van der Waals surface area (Å²) < 4.78 is 34.0. The van der Waals surface area contributed by atoms with E-state index in [1.165, 1.54) is 0 Å². The third-order valence-corrected chi connectivity index (χ3v) is 8.32. The number of pyridine rings is 4. The molecular weight excluding hydrogens is 915 g/mol. The zero-order chi connectivity index (χ0) is 42.6. The first-order valence-electron chi connectivity index (χ1n) is 18.1. The standard InChI is InChI=1S/2C13H11N3.2C9H10O2.ClHO4.La/c2*14-8-11-6-5-10-4-3-9-2-1-7-15-12(9)13(10)16-11;2*10-9(11)7-6-8-4-2-1-3-5-8;2-1(3,4)5;/h2*1-7H,8,14H2;2*1-5H,6-7H2,(H,10,11);(H,2,3,4,5);/q;;;;;+3/p-3. The fraction of sp³-hybridized carbons (Fsp3) is 0.136. The first-order valence-corrected chi connectivity index (χ1v) is 19.3. The van der Waals surface area contributed by atoms with Crippen molar-refractivity contribution in [2.24, 2.45) is 11.5 Å². The second kappa shape index (κ2) is 25.4. The normalized spacial score (nSPS) is 10.4. The molecule has 14 nitrogen and oxygen atoms in total. The maximum absolute atomic E-state index is 10.1. The molecule has 16 heteroatoms. The van der Waals surface area contributed by atoms with Gasteiger partial charge in [-0.1, -0.05) is 109 Å². The Morgan fingerprint density at radius 2 is 0.783 bits per heavy atom. The van der Waals surface area contributed by atoms with Crippen LogP contribution in [0, 0.1) is 45.8 Å². The monoisotopic (exact) mass is 954 g/mol. The molecule has 0 amide bonds. The number of halogens is 1. The zero-order valence-corrected chi connectivity index (χ0v) is 36.6. The van der Waals surface area contributed by atoms with Gasteiger partial charge in [0.2, 0.25) is 0 Å². The van der Waals surface area contributed by atoms with Gasteiger partial charge < -0.3 is 31.3 Å². The fourth-order valence-corrected chi connectivity index (χ4v) is 5.54. The number of fused-ring (bicyclic) bond motifs is 6. The van der Waals surface area contributed by atoms with Crippen LogP contribution in [0.15, 0.2) is 146 Å². The van der Waals surface area contributed by atoms with Crippen LogP contribution in [-0.4, -0.2) is 31.9 Å². The van der Waals surface area contributed by atoms with Crippen LogP contribution in [0.5, 0.6) is 0 Å². The molecule has 4 aromatic heterocycles. The fourth-order valence-electron chi connectivity index (χ4n) is 5.54. The molecule has 4 N–H and O–H groups in total. The van der Waals surface area contributed by atoms with Gasteiger partial charge in [-0.25, -0.2) is 28.6 Å². The summed E-state index contributed by atoms with van der Waals surface area (Å²) in [6.07, 6.45) is 4.90. The van der Waals surface area contributed by atoms with Crippen LogP contribution in [0.4, 0.5) is 0 Å². The molecule has 0 aliphatic rings. The Kier molecular flexibility index (Phi) is 20.7. The molecule has 0 fully saturated rings. The number of aryl methyl sites for hydroxylation is 2. The Hall–Kier alpha value is -5.30. The van der Waals surface area contributed by atoms with Crippen LogP contribution in [0.1, 0.15) is 35.4 Å². The number of rotatable bonds is 8. The number of carboxylic acids is 2. The zero-order valence-electron chi connectivity index (χ0n) is 32.3. The second-order valence-electron chi connectivity index (χ2n) is 12.5. The van der Waals surface area contributed by atoms with Gasteiger partial charge >= 0.3 is 35.6 Å². The van der Waals surface area contributed by atoms with Crippen LogP contribution >= 0.6 is 0 Å². The van der Waals surface area contributed by atoms with Crippen molar-refractivity contribution >= 4 is 55.6 Å². The summed E-state index contributed by atoms with van der Waals surface area (Å²) in [5.41, 5.74) is 18.8. The summed E-state index contributed by atoms with van der Waals surface area (Å²) in [4.78, 5) is 38.0. The van der Waals surface area contributed by atoms with Gasteiger partial charge in [-0.2, -0.15) is 0 Å². The molecule has 0 radical (unpaired) electrons. The maximum Gasteiger partial charge on any atom is 3.00 e. The van der Waals surface area contributed by atoms with E-state index in [4.69, 9.17) is 30.1 Å². The van der Waals surface area contributed by atoms with Gasteiger partial charge in [0.05, 0.1) is 33.5 Å². The van der Waals surface area contributed by atoms with Crippen molar-refractivity contribution in [2.45, 2.75) is 38.8 Å². The average Bonchev–Trinajstić information content (AvgIpc) is 3.25. The topological polar surface area (TPSA) is 276 Å². The van der Waals surface area contributed by atoms with E-state index in [0.29, 0.717) is 25.9 Å². The van der Waals surface area contributed by atoms with E-state index in [2.05, 4.69) is 44.2 Å². The number of carboxylic acid groups (broad SMARTS) is 2. The molecule has 8 aromatic rings. The Labute approximate surface area is 375 Å². The van der Waals surface area contributed by atoms with Crippen molar-refractivity contribution in [2.75, 3.05) is 0 Å². The van der Waals surface area contributed by atoms with Crippen LogP contribution in [-0.2, 0) is 35.5 Å². The Morgan fingerprint density at radius 3 is 1.10 bits per heavy atom. The SMILES string of the molecule is NCc1ccc2ccc3cccnc3c2n1.NCc1ccc2ccc3cccnc3c2n1.O=C([O-])CCc1ccccc1.O=C([O-])CCc1ccccc1.[La+3].[O-][Cl+3]([O-])([O-])[O-]. The first-order chi connectivity index (χ1) is 28.3. The number of nitrogens with two attached hydrogens (primary N) is 2. The summed E-state index contributed by atoms with van der Waals surface area (Å²) in [5, 5.41) is 24.5. The summed E-state index contributed by atoms with van der Waals surface area (Å²) in [6, 6.07) is 43.2. The number of hydrogen-bond donors (Lipinski definition) is 2. The minimum Gasteiger partial charge on any atom is -0.550 e. The molecular formula is C44H40ClLaN6O8. The van der Waals surface area contributed by atoms with Crippen molar-refractivity contribution in [3.05, 3.63) is 168 Å². The van der Waals surface area contributed by atoms with Crippen molar-refractivity contribution in [1.29, 1.82) is 0 Å². The van der Waals surface area contributed by atoms with E-state index < -0.39 is 22.2 Å². The molecule has 0 saturated carbocycles. The summed E-state index contributed by atoms with van der Waals surface area (Å²) >= 11 is 0. The quantitative estimate of drug-likeness (QED) is 0.196. The molecule has 8 rings (SSSR count). The van der Waals surface area contributed by atoms with Crippen molar-refractivity contribution in [3.63, 3.8) is 0 Å². The minimum absolute atomic E-state index is 0. The molecule has 60 heavy (non-hydrogen) atoms. The Balaban J connectivity index is 0.000000208. The molecule has 304 valence electrons. The summed E-state index contributed by atoms with van der Waals surface area (Å²) in [5.74, 6) is -1.98. The van der Waals surface area contributed by atoms with Crippen LogP contribution in [0.2, 0.25) is 0 Å². The van der Waals surface area contributed by atoms with Gasteiger partial charge in [0.15, 0.2) is 0 Å². The van der Waals surface area contributed by atoms with Gasteiger partial charge in [-0.05, 0) is 61.1 Å². The number of hydrogen-bond acceptors (Lipinski definition) is 14. The van der Waals surface area contributed by atoms with E-state index >= 15 is 0 Å². The largest absolute Gasteiger partial charge is 3.00 e. The van der Waals surface area contributed by atoms with Gasteiger partial charge in [-0.15, -0.1) is 10.2 Å². The molecule has 4 aromatic carbocycles. The average molecular weight is 955 g/mol. The number of carbonyl (C=O) groups excluding carboxylic acids is 2. The molecule has 0 unspecified atom stereocenters.